The Morgan fingerprint density at radius 1 is 1.45 bits per heavy atom. The van der Waals surface area contributed by atoms with Crippen LogP contribution in [0.25, 0.3) is 0 Å². The van der Waals surface area contributed by atoms with Crippen LogP contribution in [-0.4, -0.2) is 6.03 Å². The van der Waals surface area contributed by atoms with Gasteiger partial charge in [0.2, 0.25) is 0 Å². The van der Waals surface area contributed by atoms with Crippen LogP contribution >= 0.6 is 0 Å². The van der Waals surface area contributed by atoms with Gasteiger partial charge in [0, 0.05) is 0 Å². The fraction of sp³-hybridized carbons (Fsp3) is 0.214. The van der Waals surface area contributed by atoms with E-state index in [1.807, 2.05) is 12.3 Å². The molecule has 0 fully saturated rings. The first-order valence-corrected chi connectivity index (χ1v) is 6.60. The third-order valence-corrected chi connectivity index (χ3v) is 3.07. The standard InChI is InChI=1S/C14H17FN4O3/c1-2-9-5-6-11(15)12(19(17)14(20)18-16)13(9)22-8-10-4-3-7-21-10/h3-7H,2,8,16-17H2,1H3,(H,18,20). The Labute approximate surface area is 126 Å². The molecule has 118 valence electrons. The average molecular weight is 308 g/mol. The van der Waals surface area contributed by atoms with Gasteiger partial charge in [0.25, 0.3) is 0 Å². The Bertz CT molecular complexity index is 646. The molecule has 8 heteroatoms. The van der Waals surface area contributed by atoms with Crippen molar-refractivity contribution < 1.29 is 18.3 Å². The van der Waals surface area contributed by atoms with E-state index in [9.17, 15) is 9.18 Å². The topological polar surface area (TPSA) is 107 Å². The number of furan rings is 1. The number of ether oxygens (including phenoxy) is 1. The van der Waals surface area contributed by atoms with Crippen LogP contribution in [0.1, 0.15) is 18.2 Å². The van der Waals surface area contributed by atoms with Gasteiger partial charge in [-0.15, -0.1) is 0 Å². The number of nitrogens with zero attached hydrogens (tertiary/aromatic N) is 1. The summed E-state index contributed by atoms with van der Waals surface area (Å²) in [5.74, 6) is 10.7. The molecule has 7 nitrogen and oxygen atoms in total. The summed E-state index contributed by atoms with van der Waals surface area (Å²) in [7, 11) is 0. The van der Waals surface area contributed by atoms with Crippen molar-refractivity contribution in [3.8, 4) is 5.75 Å². The minimum absolute atomic E-state index is 0.0779. The predicted molar refractivity (Wildman–Crippen MR) is 78.2 cm³/mol. The van der Waals surface area contributed by atoms with Gasteiger partial charge in [-0.05, 0) is 30.2 Å². The molecule has 22 heavy (non-hydrogen) atoms. The first-order chi connectivity index (χ1) is 10.6. The molecule has 2 amide bonds. The summed E-state index contributed by atoms with van der Waals surface area (Å²) in [6.45, 7) is 1.95. The molecule has 0 aliphatic heterocycles. The third-order valence-electron chi connectivity index (χ3n) is 3.07. The molecule has 2 rings (SSSR count). The lowest BCUT2D eigenvalue weighted by Gasteiger charge is -2.22. The number of urea groups is 1. The van der Waals surface area contributed by atoms with Gasteiger partial charge in [0.15, 0.2) is 11.6 Å². The lowest BCUT2D eigenvalue weighted by Crippen LogP contribution is -2.48. The van der Waals surface area contributed by atoms with Crippen LogP contribution in [0.3, 0.4) is 0 Å². The molecule has 0 unspecified atom stereocenters. The number of hydrogen-bond acceptors (Lipinski definition) is 5. The molecular formula is C14H17FN4O3. The van der Waals surface area contributed by atoms with Gasteiger partial charge in [0.05, 0.1) is 6.26 Å². The van der Waals surface area contributed by atoms with Gasteiger partial charge in [-0.1, -0.05) is 13.0 Å². The number of nitrogens with one attached hydrogen (secondary N) is 1. The maximum Gasteiger partial charge on any atom is 0.350 e. The lowest BCUT2D eigenvalue weighted by molar-refractivity contribution is 0.244. The quantitative estimate of drug-likeness (QED) is 0.444. The predicted octanol–water partition coefficient (Wildman–Crippen LogP) is 1.82. The number of carbonyl (C=O) groups is 1. The lowest BCUT2D eigenvalue weighted by atomic mass is 10.1. The maximum atomic E-state index is 14.1. The molecule has 0 radical (unpaired) electrons. The van der Waals surface area contributed by atoms with Crippen molar-refractivity contribution in [2.45, 2.75) is 20.0 Å². The number of carbonyl (C=O) groups excluding carboxylic acids is 1. The van der Waals surface area contributed by atoms with E-state index in [0.717, 1.165) is 0 Å². The van der Waals surface area contributed by atoms with E-state index in [4.69, 9.17) is 20.8 Å². The summed E-state index contributed by atoms with van der Waals surface area (Å²) in [6.07, 6.45) is 2.07. The van der Waals surface area contributed by atoms with Crippen LogP contribution in [-0.2, 0) is 13.0 Å². The Kier molecular flexibility index (Phi) is 4.97. The third kappa shape index (κ3) is 3.18. The van der Waals surface area contributed by atoms with E-state index < -0.39 is 11.8 Å². The average Bonchev–Trinajstić information content (AvgIpc) is 3.04. The number of anilines is 1. The Hall–Kier alpha value is -2.58. The van der Waals surface area contributed by atoms with Crippen molar-refractivity contribution in [1.82, 2.24) is 5.43 Å². The molecule has 0 saturated carbocycles. The molecule has 0 atom stereocenters. The highest BCUT2D eigenvalue weighted by molar-refractivity contribution is 5.92. The van der Waals surface area contributed by atoms with Crippen molar-refractivity contribution >= 4 is 11.7 Å². The summed E-state index contributed by atoms with van der Waals surface area (Å²) < 4.78 is 24.9. The Morgan fingerprint density at radius 2 is 2.23 bits per heavy atom. The van der Waals surface area contributed by atoms with E-state index in [0.29, 0.717) is 22.8 Å². The number of hydrazine groups is 2. The molecule has 1 heterocycles. The largest absolute Gasteiger partial charge is 0.483 e. The molecule has 5 N–H and O–H groups in total. The van der Waals surface area contributed by atoms with Gasteiger partial charge in [-0.3, -0.25) is 5.43 Å². The number of aryl methyl sites for hydroxylation is 1. The summed E-state index contributed by atoms with van der Waals surface area (Å²) in [5, 5.41) is 0.575. The highest BCUT2D eigenvalue weighted by atomic mass is 19.1. The molecule has 1 aromatic heterocycles. The van der Waals surface area contributed by atoms with Crippen molar-refractivity contribution in [3.63, 3.8) is 0 Å². The smallest absolute Gasteiger partial charge is 0.350 e. The van der Waals surface area contributed by atoms with Gasteiger partial charge < -0.3 is 9.15 Å². The molecule has 0 bridgehead atoms. The minimum Gasteiger partial charge on any atom is -0.483 e. The van der Waals surface area contributed by atoms with E-state index in [-0.39, 0.29) is 18.0 Å². The number of hydrogen-bond donors (Lipinski definition) is 3. The maximum absolute atomic E-state index is 14.1. The zero-order valence-corrected chi connectivity index (χ0v) is 12.0. The molecule has 0 saturated heterocycles. The SMILES string of the molecule is CCc1ccc(F)c(N(N)C(=O)NN)c1OCc1ccco1. The van der Waals surface area contributed by atoms with Crippen molar-refractivity contribution in [2.24, 2.45) is 11.7 Å². The zero-order chi connectivity index (χ0) is 16.1. The molecule has 2 aromatic rings. The van der Waals surface area contributed by atoms with Gasteiger partial charge in [-0.2, -0.15) is 0 Å². The summed E-state index contributed by atoms with van der Waals surface area (Å²) >= 11 is 0. The van der Waals surface area contributed by atoms with Crippen molar-refractivity contribution in [2.75, 3.05) is 5.01 Å². The molecule has 0 aliphatic carbocycles. The molecule has 1 aromatic carbocycles. The van der Waals surface area contributed by atoms with Crippen LogP contribution in [0.15, 0.2) is 34.9 Å². The normalized spacial score (nSPS) is 10.4. The summed E-state index contributed by atoms with van der Waals surface area (Å²) in [6, 6.07) is 5.36. The highest BCUT2D eigenvalue weighted by Crippen LogP contribution is 2.35. The first kappa shape index (κ1) is 15.8. The number of rotatable bonds is 5. The Balaban J connectivity index is 2.39. The number of halogens is 1. The first-order valence-electron chi connectivity index (χ1n) is 6.60. The monoisotopic (exact) mass is 308 g/mol. The van der Waals surface area contributed by atoms with Crippen LogP contribution in [0.4, 0.5) is 14.9 Å². The number of nitrogens with two attached hydrogens (primary N) is 2. The van der Waals surface area contributed by atoms with Crippen LogP contribution in [0, 0.1) is 5.82 Å². The van der Waals surface area contributed by atoms with E-state index in [1.54, 1.807) is 18.2 Å². The second-order valence-corrected chi connectivity index (χ2v) is 4.43. The highest BCUT2D eigenvalue weighted by Gasteiger charge is 2.23. The van der Waals surface area contributed by atoms with Crippen LogP contribution in [0.5, 0.6) is 5.75 Å². The van der Waals surface area contributed by atoms with Crippen LogP contribution < -0.4 is 26.9 Å². The Morgan fingerprint density at radius 3 is 2.82 bits per heavy atom. The number of amides is 2. The number of benzene rings is 1. The zero-order valence-electron chi connectivity index (χ0n) is 12.0. The molecular weight excluding hydrogens is 291 g/mol. The van der Waals surface area contributed by atoms with E-state index in [2.05, 4.69) is 0 Å². The van der Waals surface area contributed by atoms with Gasteiger partial charge in [-0.25, -0.2) is 25.9 Å². The second kappa shape index (κ2) is 6.92. The van der Waals surface area contributed by atoms with Crippen LogP contribution in [0.2, 0.25) is 0 Å². The minimum atomic E-state index is -0.866. The van der Waals surface area contributed by atoms with Crippen molar-refractivity contribution in [3.05, 3.63) is 47.7 Å². The fourth-order valence-corrected chi connectivity index (χ4v) is 1.96. The van der Waals surface area contributed by atoms with Crippen molar-refractivity contribution in [1.29, 1.82) is 0 Å². The van der Waals surface area contributed by atoms with Gasteiger partial charge >= 0.3 is 6.03 Å². The fourth-order valence-electron chi connectivity index (χ4n) is 1.96. The van der Waals surface area contributed by atoms with E-state index in [1.165, 1.54) is 12.3 Å². The summed E-state index contributed by atoms with van der Waals surface area (Å²) in [5.41, 5.74) is 2.36. The van der Waals surface area contributed by atoms with Gasteiger partial charge in [0.1, 0.15) is 18.1 Å². The van der Waals surface area contributed by atoms with E-state index >= 15 is 0 Å². The summed E-state index contributed by atoms with van der Waals surface area (Å²) in [4.78, 5) is 11.6. The molecule has 0 aliphatic rings. The molecule has 0 spiro atoms. The second-order valence-electron chi connectivity index (χ2n) is 4.43.